The SMILES string of the molecule is CC/C=C\C/C=C\C/C=C\C/C=C\C/C=C\C/C=C\C/C=C\C/C=C\CCCCCCCCCCC(=O)OCC(COC(=O)CCCCCCC/C=C\CCC)OC(=O)CCCCCCC/C=C\CCCCC. The fourth-order valence-electron chi connectivity index (χ4n) is 7.92. The number of esters is 3. The molecule has 0 aromatic carbocycles. The molecule has 0 aliphatic rings. The third-order valence-corrected chi connectivity index (χ3v) is 12.4. The lowest BCUT2D eigenvalue weighted by Gasteiger charge is -2.18. The van der Waals surface area contributed by atoms with Gasteiger partial charge in [-0.1, -0.05) is 239 Å². The maximum absolute atomic E-state index is 12.8. The van der Waals surface area contributed by atoms with Gasteiger partial charge in [-0.2, -0.15) is 0 Å². The van der Waals surface area contributed by atoms with Crippen LogP contribution in [0.3, 0.4) is 0 Å². The number of carbonyl (C=O) groups is 3. The summed E-state index contributed by atoms with van der Waals surface area (Å²) in [5, 5.41) is 0. The third kappa shape index (κ3) is 58.6. The van der Waals surface area contributed by atoms with Gasteiger partial charge in [-0.15, -0.1) is 0 Å². The Bertz CT molecular complexity index is 1540. The van der Waals surface area contributed by atoms with Crippen LogP contribution < -0.4 is 0 Å². The lowest BCUT2D eigenvalue weighted by atomic mass is 10.1. The first kappa shape index (κ1) is 68.8. The molecule has 0 bridgehead atoms. The van der Waals surface area contributed by atoms with E-state index in [0.717, 1.165) is 148 Å². The fourth-order valence-corrected chi connectivity index (χ4v) is 7.92. The molecular formula is C67H110O6. The molecule has 0 heterocycles. The van der Waals surface area contributed by atoms with Crippen LogP contribution in [0.5, 0.6) is 0 Å². The summed E-state index contributed by atoms with van der Waals surface area (Å²) in [6.45, 7) is 6.41. The van der Waals surface area contributed by atoms with Gasteiger partial charge in [0.2, 0.25) is 0 Å². The van der Waals surface area contributed by atoms with Crippen molar-refractivity contribution in [3.05, 3.63) is 122 Å². The van der Waals surface area contributed by atoms with Crippen molar-refractivity contribution in [3.63, 3.8) is 0 Å². The maximum Gasteiger partial charge on any atom is 0.306 e. The lowest BCUT2D eigenvalue weighted by Crippen LogP contribution is -2.30. The molecule has 0 aromatic heterocycles. The van der Waals surface area contributed by atoms with Crippen LogP contribution in [0, 0.1) is 0 Å². The Morgan fingerprint density at radius 1 is 0.288 bits per heavy atom. The van der Waals surface area contributed by atoms with E-state index in [4.69, 9.17) is 14.2 Å². The molecule has 0 fully saturated rings. The summed E-state index contributed by atoms with van der Waals surface area (Å²) in [5.74, 6) is -0.919. The number of rotatable bonds is 53. The number of hydrogen-bond donors (Lipinski definition) is 0. The van der Waals surface area contributed by atoms with E-state index >= 15 is 0 Å². The van der Waals surface area contributed by atoms with Gasteiger partial charge in [0.15, 0.2) is 6.10 Å². The van der Waals surface area contributed by atoms with Crippen molar-refractivity contribution in [1.82, 2.24) is 0 Å². The molecule has 0 saturated heterocycles. The Labute approximate surface area is 450 Å². The smallest absolute Gasteiger partial charge is 0.306 e. The van der Waals surface area contributed by atoms with Gasteiger partial charge < -0.3 is 14.2 Å². The van der Waals surface area contributed by atoms with Gasteiger partial charge >= 0.3 is 17.9 Å². The molecule has 0 radical (unpaired) electrons. The quantitative estimate of drug-likeness (QED) is 0.0261. The number of hydrogen-bond acceptors (Lipinski definition) is 6. The van der Waals surface area contributed by atoms with Gasteiger partial charge in [0.25, 0.3) is 0 Å². The highest BCUT2D eigenvalue weighted by atomic mass is 16.6. The van der Waals surface area contributed by atoms with E-state index in [-0.39, 0.29) is 31.1 Å². The van der Waals surface area contributed by atoms with Gasteiger partial charge in [0.1, 0.15) is 13.2 Å². The van der Waals surface area contributed by atoms with E-state index in [1.54, 1.807) is 0 Å². The monoisotopic (exact) mass is 1010 g/mol. The largest absolute Gasteiger partial charge is 0.462 e. The summed E-state index contributed by atoms with van der Waals surface area (Å²) in [6, 6.07) is 0. The standard InChI is InChI=1S/C67H110O6/c1-4-7-10-13-16-19-22-24-25-26-27-28-29-30-31-32-33-34-35-36-37-38-39-40-41-42-43-44-46-48-51-54-57-60-66(69)72-63-64(62-71-65(68)59-56-53-50-47-21-18-15-12-9-6-3)73-67(70)61-58-55-52-49-45-23-20-17-14-11-8-5-2/h7,10,12,15-17,19-20,24-25,27-28,30-31,33-34,36-37,39-40,64H,4-6,8-9,11,13-14,18,21-23,26,29,32,35,38,41-63H2,1-3H3/b10-7-,15-12-,19-16-,20-17-,25-24-,28-27-,31-30-,34-33-,37-36-,40-39-. The van der Waals surface area contributed by atoms with Crippen molar-refractivity contribution in [2.24, 2.45) is 0 Å². The minimum Gasteiger partial charge on any atom is -0.462 e. The first-order chi connectivity index (χ1) is 36.0. The fraction of sp³-hybridized carbons (Fsp3) is 0.657. The minimum absolute atomic E-state index is 0.0894. The van der Waals surface area contributed by atoms with Crippen LogP contribution in [0.4, 0.5) is 0 Å². The molecule has 0 rings (SSSR count). The summed E-state index contributed by atoms with van der Waals surface area (Å²) < 4.78 is 16.8. The average Bonchev–Trinajstić information content (AvgIpc) is 3.39. The lowest BCUT2D eigenvalue weighted by molar-refractivity contribution is -0.167. The zero-order valence-electron chi connectivity index (χ0n) is 47.4. The summed E-state index contributed by atoms with van der Waals surface area (Å²) in [6.07, 6.45) is 83.5. The van der Waals surface area contributed by atoms with Gasteiger partial charge in [-0.3, -0.25) is 14.4 Å². The van der Waals surface area contributed by atoms with Crippen LogP contribution in [0.1, 0.15) is 265 Å². The molecule has 0 spiro atoms. The van der Waals surface area contributed by atoms with Gasteiger partial charge in [-0.25, -0.2) is 0 Å². The number of allylic oxidation sites excluding steroid dienone is 20. The van der Waals surface area contributed by atoms with E-state index in [1.165, 1.54) is 77.0 Å². The second-order valence-electron chi connectivity index (χ2n) is 19.5. The molecule has 0 saturated carbocycles. The second kappa shape index (κ2) is 60.4. The van der Waals surface area contributed by atoms with E-state index in [1.807, 2.05) is 0 Å². The molecule has 0 aromatic rings. The predicted molar refractivity (Wildman–Crippen MR) is 316 cm³/mol. The molecule has 73 heavy (non-hydrogen) atoms. The summed E-state index contributed by atoms with van der Waals surface area (Å²) in [5.41, 5.74) is 0. The molecule has 0 aliphatic carbocycles. The van der Waals surface area contributed by atoms with Crippen LogP contribution >= 0.6 is 0 Å². The molecule has 1 atom stereocenters. The first-order valence-corrected chi connectivity index (χ1v) is 30.0. The highest BCUT2D eigenvalue weighted by molar-refractivity contribution is 5.71. The van der Waals surface area contributed by atoms with Crippen molar-refractivity contribution in [3.8, 4) is 0 Å². The minimum atomic E-state index is -0.790. The van der Waals surface area contributed by atoms with E-state index in [2.05, 4.69) is 142 Å². The summed E-state index contributed by atoms with van der Waals surface area (Å²) in [7, 11) is 0. The number of unbranched alkanes of at least 4 members (excludes halogenated alkanes) is 22. The van der Waals surface area contributed by atoms with Gasteiger partial charge in [0, 0.05) is 19.3 Å². The van der Waals surface area contributed by atoms with Crippen molar-refractivity contribution in [2.75, 3.05) is 13.2 Å². The van der Waals surface area contributed by atoms with Crippen LogP contribution in [0.2, 0.25) is 0 Å². The Balaban J connectivity index is 4.19. The maximum atomic E-state index is 12.8. The topological polar surface area (TPSA) is 78.9 Å². The van der Waals surface area contributed by atoms with Crippen molar-refractivity contribution in [1.29, 1.82) is 0 Å². The van der Waals surface area contributed by atoms with E-state index < -0.39 is 6.10 Å². The van der Waals surface area contributed by atoms with Crippen LogP contribution in [0.25, 0.3) is 0 Å². The number of carbonyl (C=O) groups excluding carboxylic acids is 3. The Morgan fingerprint density at radius 3 is 0.904 bits per heavy atom. The zero-order valence-corrected chi connectivity index (χ0v) is 47.4. The Kier molecular flexibility index (Phi) is 56.9. The van der Waals surface area contributed by atoms with E-state index in [0.29, 0.717) is 19.3 Å². The van der Waals surface area contributed by atoms with Crippen LogP contribution in [-0.4, -0.2) is 37.2 Å². The molecule has 1 unspecified atom stereocenters. The predicted octanol–water partition coefficient (Wildman–Crippen LogP) is 20.4. The van der Waals surface area contributed by atoms with Crippen molar-refractivity contribution >= 4 is 17.9 Å². The highest BCUT2D eigenvalue weighted by Gasteiger charge is 2.19. The molecule has 6 heteroatoms. The Morgan fingerprint density at radius 2 is 0.562 bits per heavy atom. The van der Waals surface area contributed by atoms with Gasteiger partial charge in [0.05, 0.1) is 0 Å². The molecule has 414 valence electrons. The van der Waals surface area contributed by atoms with Crippen molar-refractivity contribution < 1.29 is 28.6 Å². The summed E-state index contributed by atoms with van der Waals surface area (Å²) >= 11 is 0. The highest BCUT2D eigenvalue weighted by Crippen LogP contribution is 2.14. The van der Waals surface area contributed by atoms with Crippen LogP contribution in [0.15, 0.2) is 122 Å². The molecule has 0 aliphatic heterocycles. The molecular weight excluding hydrogens is 901 g/mol. The number of ether oxygens (including phenoxy) is 3. The second-order valence-corrected chi connectivity index (χ2v) is 19.5. The molecule has 0 amide bonds. The molecule has 0 N–H and O–H groups in total. The molecule has 6 nitrogen and oxygen atoms in total. The average molecular weight is 1010 g/mol. The van der Waals surface area contributed by atoms with E-state index in [9.17, 15) is 14.4 Å². The van der Waals surface area contributed by atoms with Crippen molar-refractivity contribution in [2.45, 2.75) is 271 Å². The third-order valence-electron chi connectivity index (χ3n) is 12.4. The zero-order chi connectivity index (χ0) is 52.9. The Hall–Kier alpha value is -4.19. The van der Waals surface area contributed by atoms with Gasteiger partial charge in [-0.05, 0) is 128 Å². The normalized spacial score (nSPS) is 13.0. The summed E-state index contributed by atoms with van der Waals surface area (Å²) in [4.78, 5) is 38.0. The van der Waals surface area contributed by atoms with Crippen LogP contribution in [-0.2, 0) is 28.6 Å². The first-order valence-electron chi connectivity index (χ1n) is 30.0.